The van der Waals surface area contributed by atoms with Gasteiger partial charge in [0.15, 0.2) is 6.61 Å². The van der Waals surface area contributed by atoms with Crippen LogP contribution in [0.3, 0.4) is 0 Å². The topological polar surface area (TPSA) is 58.6 Å². The summed E-state index contributed by atoms with van der Waals surface area (Å²) in [6.07, 6.45) is 0.798. The zero-order valence-corrected chi connectivity index (χ0v) is 18.3. The highest BCUT2D eigenvalue weighted by molar-refractivity contribution is 6.32. The summed E-state index contributed by atoms with van der Waals surface area (Å²) in [6.45, 7) is 5.56. The minimum atomic E-state index is -0.692. The van der Waals surface area contributed by atoms with E-state index in [0.717, 1.165) is 12.0 Å². The summed E-state index contributed by atoms with van der Waals surface area (Å²) in [6, 6.07) is 13.5. The maximum Gasteiger partial charge on any atom is 0.261 e. The van der Waals surface area contributed by atoms with E-state index in [1.807, 2.05) is 32.0 Å². The van der Waals surface area contributed by atoms with E-state index in [2.05, 4.69) is 5.32 Å². The number of carbonyl (C=O) groups is 2. The van der Waals surface area contributed by atoms with Crippen LogP contribution < -0.4 is 10.1 Å². The van der Waals surface area contributed by atoms with Crippen LogP contribution >= 0.6 is 23.2 Å². The number of carbonyl (C=O) groups excluding carboxylic acids is 2. The lowest BCUT2D eigenvalue weighted by molar-refractivity contribution is -0.142. The van der Waals surface area contributed by atoms with Gasteiger partial charge in [0.05, 0.1) is 5.02 Å². The Kier molecular flexibility index (Phi) is 8.80. The first-order valence-corrected chi connectivity index (χ1v) is 10.3. The van der Waals surface area contributed by atoms with Gasteiger partial charge in [-0.05, 0) is 44.0 Å². The molecule has 0 heterocycles. The Hall–Kier alpha value is -2.24. The number of rotatable bonds is 9. The Morgan fingerprint density at radius 3 is 2.28 bits per heavy atom. The molecule has 0 aliphatic rings. The van der Waals surface area contributed by atoms with E-state index in [-0.39, 0.29) is 31.0 Å². The molecule has 0 fully saturated rings. The normalized spacial score (nSPS) is 12.7. The van der Waals surface area contributed by atoms with Crippen molar-refractivity contribution in [2.75, 3.05) is 6.61 Å². The first-order valence-electron chi connectivity index (χ1n) is 9.54. The van der Waals surface area contributed by atoms with Gasteiger partial charge in [-0.3, -0.25) is 9.59 Å². The van der Waals surface area contributed by atoms with Gasteiger partial charge in [0.1, 0.15) is 11.8 Å². The molecule has 1 N–H and O–H groups in total. The molecule has 0 aromatic heterocycles. The van der Waals surface area contributed by atoms with E-state index in [0.29, 0.717) is 15.8 Å². The Morgan fingerprint density at radius 2 is 1.66 bits per heavy atom. The number of nitrogens with zero attached hydrogens (tertiary/aromatic N) is 1. The van der Waals surface area contributed by atoms with Crippen LogP contribution in [0.5, 0.6) is 5.75 Å². The molecular formula is C22H26Cl2N2O3. The summed E-state index contributed by atoms with van der Waals surface area (Å²) in [5.74, 6) is -0.147. The average Bonchev–Trinajstić information content (AvgIpc) is 2.71. The SMILES string of the molecule is CC[C@H](C)NC(=O)[C@H](C)N(Cc1ccccc1Cl)C(=O)COc1ccccc1Cl. The fraction of sp³-hybridized carbons (Fsp3) is 0.364. The quantitative estimate of drug-likeness (QED) is 0.619. The zero-order chi connectivity index (χ0) is 21.4. The average molecular weight is 437 g/mol. The molecule has 0 saturated heterocycles. The Morgan fingerprint density at radius 1 is 1.03 bits per heavy atom. The van der Waals surface area contributed by atoms with E-state index >= 15 is 0 Å². The number of ether oxygens (including phenoxy) is 1. The second-order valence-electron chi connectivity index (χ2n) is 6.83. The van der Waals surface area contributed by atoms with Crippen LogP contribution in [0, 0.1) is 0 Å². The molecule has 7 heteroatoms. The minimum Gasteiger partial charge on any atom is -0.482 e. The van der Waals surface area contributed by atoms with Gasteiger partial charge < -0.3 is 15.0 Å². The molecule has 5 nitrogen and oxygen atoms in total. The van der Waals surface area contributed by atoms with Crippen LogP contribution in [0.15, 0.2) is 48.5 Å². The van der Waals surface area contributed by atoms with Gasteiger partial charge in [-0.25, -0.2) is 0 Å². The van der Waals surface area contributed by atoms with E-state index in [9.17, 15) is 9.59 Å². The molecule has 0 saturated carbocycles. The lowest BCUT2D eigenvalue weighted by Crippen LogP contribution is -2.50. The summed E-state index contributed by atoms with van der Waals surface area (Å²) in [4.78, 5) is 27.1. The molecule has 2 rings (SSSR count). The summed E-state index contributed by atoms with van der Waals surface area (Å²) < 4.78 is 5.59. The number of halogens is 2. The third kappa shape index (κ3) is 6.65. The van der Waals surface area contributed by atoms with Crippen molar-refractivity contribution in [3.63, 3.8) is 0 Å². The molecular weight excluding hydrogens is 411 g/mol. The van der Waals surface area contributed by atoms with Crippen molar-refractivity contribution in [3.05, 3.63) is 64.1 Å². The lowest BCUT2D eigenvalue weighted by Gasteiger charge is -2.30. The number of hydrogen-bond donors (Lipinski definition) is 1. The lowest BCUT2D eigenvalue weighted by atomic mass is 10.1. The Labute approximate surface area is 181 Å². The number of benzene rings is 2. The van der Waals surface area contributed by atoms with Crippen molar-refractivity contribution in [3.8, 4) is 5.75 Å². The number of para-hydroxylation sites is 1. The largest absolute Gasteiger partial charge is 0.482 e. The summed E-state index contributed by atoms with van der Waals surface area (Å²) in [5.41, 5.74) is 0.753. The molecule has 0 unspecified atom stereocenters. The van der Waals surface area contributed by atoms with E-state index in [1.165, 1.54) is 4.90 Å². The second kappa shape index (κ2) is 11.1. The monoisotopic (exact) mass is 436 g/mol. The van der Waals surface area contributed by atoms with Crippen molar-refractivity contribution < 1.29 is 14.3 Å². The zero-order valence-electron chi connectivity index (χ0n) is 16.8. The molecule has 2 aromatic rings. The predicted octanol–water partition coefficient (Wildman–Crippen LogP) is 4.70. The van der Waals surface area contributed by atoms with Crippen LogP contribution in [-0.4, -0.2) is 35.4 Å². The van der Waals surface area contributed by atoms with Crippen LogP contribution in [-0.2, 0) is 16.1 Å². The Balaban J connectivity index is 2.18. The first-order chi connectivity index (χ1) is 13.8. The number of amides is 2. The van der Waals surface area contributed by atoms with Gasteiger partial charge in [-0.15, -0.1) is 0 Å². The highest BCUT2D eigenvalue weighted by atomic mass is 35.5. The Bertz CT molecular complexity index is 844. The van der Waals surface area contributed by atoms with Gasteiger partial charge in [0, 0.05) is 17.6 Å². The molecule has 2 aromatic carbocycles. The highest BCUT2D eigenvalue weighted by Crippen LogP contribution is 2.24. The van der Waals surface area contributed by atoms with E-state index in [4.69, 9.17) is 27.9 Å². The summed E-state index contributed by atoms with van der Waals surface area (Å²) in [7, 11) is 0. The number of hydrogen-bond acceptors (Lipinski definition) is 3. The van der Waals surface area contributed by atoms with Crippen molar-refractivity contribution in [2.45, 2.75) is 45.8 Å². The van der Waals surface area contributed by atoms with Crippen LogP contribution in [0.25, 0.3) is 0 Å². The van der Waals surface area contributed by atoms with E-state index < -0.39 is 6.04 Å². The van der Waals surface area contributed by atoms with Crippen LogP contribution in [0.1, 0.15) is 32.8 Å². The molecule has 156 valence electrons. The van der Waals surface area contributed by atoms with E-state index in [1.54, 1.807) is 37.3 Å². The fourth-order valence-electron chi connectivity index (χ4n) is 2.64. The number of nitrogens with one attached hydrogen (secondary N) is 1. The van der Waals surface area contributed by atoms with Crippen molar-refractivity contribution in [1.82, 2.24) is 10.2 Å². The van der Waals surface area contributed by atoms with Gasteiger partial charge in [-0.1, -0.05) is 60.5 Å². The first kappa shape index (κ1) is 23.0. The van der Waals surface area contributed by atoms with Gasteiger partial charge in [0.25, 0.3) is 5.91 Å². The third-order valence-corrected chi connectivity index (χ3v) is 5.34. The molecule has 0 aliphatic carbocycles. The van der Waals surface area contributed by atoms with Crippen molar-refractivity contribution in [1.29, 1.82) is 0 Å². The van der Waals surface area contributed by atoms with Gasteiger partial charge in [0.2, 0.25) is 5.91 Å². The maximum atomic E-state index is 13.0. The fourth-order valence-corrected chi connectivity index (χ4v) is 3.03. The molecule has 29 heavy (non-hydrogen) atoms. The van der Waals surface area contributed by atoms with Gasteiger partial charge in [-0.2, -0.15) is 0 Å². The predicted molar refractivity (Wildman–Crippen MR) is 116 cm³/mol. The maximum absolute atomic E-state index is 13.0. The molecule has 0 radical (unpaired) electrons. The molecule has 2 atom stereocenters. The smallest absolute Gasteiger partial charge is 0.261 e. The molecule has 0 bridgehead atoms. The molecule has 0 spiro atoms. The third-order valence-electron chi connectivity index (χ3n) is 4.65. The minimum absolute atomic E-state index is 0.0154. The highest BCUT2D eigenvalue weighted by Gasteiger charge is 2.27. The molecule has 2 amide bonds. The molecule has 0 aliphatic heterocycles. The van der Waals surface area contributed by atoms with Crippen molar-refractivity contribution in [2.24, 2.45) is 0 Å². The van der Waals surface area contributed by atoms with Crippen LogP contribution in [0.4, 0.5) is 0 Å². The second-order valence-corrected chi connectivity index (χ2v) is 7.64. The van der Waals surface area contributed by atoms with Crippen LogP contribution in [0.2, 0.25) is 10.0 Å². The standard InChI is InChI=1S/C22H26Cl2N2O3/c1-4-15(2)25-22(28)16(3)26(13-17-9-5-6-10-18(17)23)21(27)14-29-20-12-8-7-11-19(20)24/h5-12,15-16H,4,13-14H2,1-3H3,(H,25,28)/t15-,16-/m0/s1. The summed E-state index contributed by atoms with van der Waals surface area (Å²) >= 11 is 12.4. The van der Waals surface area contributed by atoms with Crippen molar-refractivity contribution >= 4 is 35.0 Å². The summed E-state index contributed by atoms with van der Waals surface area (Å²) in [5, 5.41) is 3.87. The van der Waals surface area contributed by atoms with Gasteiger partial charge >= 0.3 is 0 Å².